The maximum atomic E-state index is 13.0. The van der Waals surface area contributed by atoms with Crippen molar-refractivity contribution in [2.75, 3.05) is 6.54 Å². The molecule has 3 heteroatoms. The number of hydrogen-bond donors (Lipinski definition) is 1. The highest BCUT2D eigenvalue weighted by atomic mass is 35.5. The largest absolute Gasteiger partial charge is 0.314 e. The second-order valence-corrected chi connectivity index (χ2v) is 6.46. The summed E-state index contributed by atoms with van der Waals surface area (Å²) >= 11 is 6.07. The normalized spacial score (nSPS) is 16.0. The minimum Gasteiger partial charge on any atom is -0.314 e. The summed E-state index contributed by atoms with van der Waals surface area (Å²) in [6, 6.07) is 5.44. The number of rotatable bonds is 6. The summed E-state index contributed by atoms with van der Waals surface area (Å²) < 4.78 is 13.0. The van der Waals surface area contributed by atoms with Crippen molar-refractivity contribution in [3.8, 4) is 0 Å². The van der Waals surface area contributed by atoms with Crippen molar-refractivity contribution in [1.29, 1.82) is 0 Å². The molecule has 2 rings (SSSR count). The molecule has 1 fully saturated rings. The predicted octanol–water partition coefficient (Wildman–Crippen LogP) is 4.19. The van der Waals surface area contributed by atoms with Crippen molar-refractivity contribution < 1.29 is 4.39 Å². The fraction of sp³-hybridized carbons (Fsp3) is 0.600. The first-order chi connectivity index (χ1) is 8.46. The van der Waals surface area contributed by atoms with Gasteiger partial charge in [-0.2, -0.15) is 0 Å². The fourth-order valence-electron chi connectivity index (χ4n) is 2.17. The smallest absolute Gasteiger partial charge is 0.124 e. The molecule has 0 bridgehead atoms. The molecule has 0 saturated heterocycles. The maximum Gasteiger partial charge on any atom is 0.124 e. The number of nitrogens with one attached hydrogen (secondary N) is 1. The molecule has 1 saturated carbocycles. The van der Waals surface area contributed by atoms with Crippen LogP contribution in [0, 0.1) is 11.2 Å². The Bertz CT molecular complexity index is 413. The quantitative estimate of drug-likeness (QED) is 0.817. The van der Waals surface area contributed by atoms with E-state index in [2.05, 4.69) is 19.2 Å². The average molecular weight is 270 g/mol. The van der Waals surface area contributed by atoms with Gasteiger partial charge in [-0.1, -0.05) is 31.5 Å². The van der Waals surface area contributed by atoms with Crippen molar-refractivity contribution >= 4 is 11.6 Å². The van der Waals surface area contributed by atoms with Crippen LogP contribution in [0.4, 0.5) is 4.39 Å². The lowest BCUT2D eigenvalue weighted by Crippen LogP contribution is -2.25. The Labute approximate surface area is 114 Å². The summed E-state index contributed by atoms with van der Waals surface area (Å²) in [5.74, 6) is -0.267. The molecule has 18 heavy (non-hydrogen) atoms. The summed E-state index contributed by atoms with van der Waals surface area (Å²) in [7, 11) is 0. The molecular formula is C15H21ClFN. The van der Waals surface area contributed by atoms with Gasteiger partial charge < -0.3 is 5.32 Å². The van der Waals surface area contributed by atoms with Gasteiger partial charge in [0, 0.05) is 11.1 Å². The molecule has 0 radical (unpaired) electrons. The van der Waals surface area contributed by atoms with Gasteiger partial charge in [-0.3, -0.25) is 0 Å². The SMILES string of the molecule is CC(C)(CCNC1CC1)Cc1ccc(F)cc1Cl. The zero-order chi connectivity index (χ0) is 13.2. The van der Waals surface area contributed by atoms with E-state index in [0.717, 1.165) is 31.0 Å². The standard InChI is InChI=1S/C15H21ClFN/c1-15(2,7-8-18-13-5-6-13)10-11-3-4-12(17)9-14(11)16/h3-4,9,13,18H,5-8,10H2,1-2H3. The van der Waals surface area contributed by atoms with E-state index in [-0.39, 0.29) is 11.2 Å². The van der Waals surface area contributed by atoms with E-state index in [1.165, 1.54) is 25.0 Å². The highest BCUT2D eigenvalue weighted by Crippen LogP contribution is 2.30. The zero-order valence-corrected chi connectivity index (χ0v) is 11.9. The van der Waals surface area contributed by atoms with Gasteiger partial charge >= 0.3 is 0 Å². The number of hydrogen-bond acceptors (Lipinski definition) is 1. The van der Waals surface area contributed by atoms with Crippen LogP contribution in [0.15, 0.2) is 18.2 Å². The van der Waals surface area contributed by atoms with Crippen LogP contribution in [0.25, 0.3) is 0 Å². The first kappa shape index (κ1) is 13.8. The molecule has 1 aromatic rings. The van der Waals surface area contributed by atoms with E-state index >= 15 is 0 Å². The molecule has 0 heterocycles. The summed E-state index contributed by atoms with van der Waals surface area (Å²) in [6.45, 7) is 5.53. The van der Waals surface area contributed by atoms with E-state index < -0.39 is 0 Å². The van der Waals surface area contributed by atoms with Crippen LogP contribution >= 0.6 is 11.6 Å². The van der Waals surface area contributed by atoms with Crippen LogP contribution in [0.5, 0.6) is 0 Å². The van der Waals surface area contributed by atoms with Gasteiger partial charge in [-0.25, -0.2) is 4.39 Å². The predicted molar refractivity (Wildman–Crippen MR) is 74.5 cm³/mol. The second-order valence-electron chi connectivity index (χ2n) is 6.06. The molecule has 1 nitrogen and oxygen atoms in total. The van der Waals surface area contributed by atoms with Crippen LogP contribution in [0.2, 0.25) is 5.02 Å². The van der Waals surface area contributed by atoms with Gasteiger partial charge in [0.1, 0.15) is 5.82 Å². The molecule has 0 spiro atoms. The van der Waals surface area contributed by atoms with E-state index in [9.17, 15) is 4.39 Å². The lowest BCUT2D eigenvalue weighted by molar-refractivity contribution is 0.325. The Morgan fingerprint density at radius 3 is 2.72 bits per heavy atom. The van der Waals surface area contributed by atoms with Crippen molar-refractivity contribution in [2.45, 2.75) is 45.6 Å². The van der Waals surface area contributed by atoms with Gasteiger partial charge in [0.15, 0.2) is 0 Å². The molecule has 0 unspecified atom stereocenters. The molecule has 100 valence electrons. The molecule has 0 amide bonds. The fourth-order valence-corrected chi connectivity index (χ4v) is 2.41. The van der Waals surface area contributed by atoms with Gasteiger partial charge in [0.25, 0.3) is 0 Å². The molecule has 0 aliphatic heterocycles. The average Bonchev–Trinajstić information content (AvgIpc) is 3.06. The van der Waals surface area contributed by atoms with Crippen molar-refractivity contribution in [3.05, 3.63) is 34.6 Å². The summed E-state index contributed by atoms with van der Waals surface area (Å²) in [5, 5.41) is 4.07. The van der Waals surface area contributed by atoms with Crippen LogP contribution in [0.1, 0.15) is 38.7 Å². The van der Waals surface area contributed by atoms with E-state index in [1.54, 1.807) is 6.07 Å². The van der Waals surface area contributed by atoms with E-state index in [4.69, 9.17) is 11.6 Å². The van der Waals surface area contributed by atoms with Crippen molar-refractivity contribution in [2.24, 2.45) is 5.41 Å². The minimum absolute atomic E-state index is 0.184. The lowest BCUT2D eigenvalue weighted by atomic mass is 9.82. The van der Waals surface area contributed by atoms with E-state index in [1.807, 2.05) is 0 Å². The lowest BCUT2D eigenvalue weighted by Gasteiger charge is -2.25. The summed E-state index contributed by atoms with van der Waals surface area (Å²) in [4.78, 5) is 0. The Morgan fingerprint density at radius 2 is 2.11 bits per heavy atom. The Balaban J connectivity index is 1.88. The van der Waals surface area contributed by atoms with Gasteiger partial charge in [-0.15, -0.1) is 0 Å². The molecule has 1 N–H and O–H groups in total. The van der Waals surface area contributed by atoms with Crippen molar-refractivity contribution in [3.63, 3.8) is 0 Å². The van der Waals surface area contributed by atoms with Gasteiger partial charge in [0.05, 0.1) is 0 Å². The first-order valence-corrected chi connectivity index (χ1v) is 7.01. The summed E-state index contributed by atoms with van der Waals surface area (Å²) in [6.07, 6.45) is 4.64. The number of benzene rings is 1. The van der Waals surface area contributed by atoms with Crippen LogP contribution in [-0.4, -0.2) is 12.6 Å². The minimum atomic E-state index is -0.267. The first-order valence-electron chi connectivity index (χ1n) is 6.64. The van der Waals surface area contributed by atoms with Gasteiger partial charge in [0.2, 0.25) is 0 Å². The van der Waals surface area contributed by atoms with Crippen LogP contribution in [-0.2, 0) is 6.42 Å². The van der Waals surface area contributed by atoms with Crippen LogP contribution in [0.3, 0.4) is 0 Å². The molecule has 0 atom stereocenters. The van der Waals surface area contributed by atoms with Gasteiger partial charge in [-0.05, 0) is 55.3 Å². The zero-order valence-electron chi connectivity index (χ0n) is 11.1. The molecular weight excluding hydrogens is 249 g/mol. The monoisotopic (exact) mass is 269 g/mol. The molecule has 1 aliphatic carbocycles. The molecule has 1 aromatic carbocycles. The van der Waals surface area contributed by atoms with E-state index in [0.29, 0.717) is 5.02 Å². The third-order valence-electron chi connectivity index (χ3n) is 3.50. The molecule has 0 aromatic heterocycles. The van der Waals surface area contributed by atoms with Crippen molar-refractivity contribution in [1.82, 2.24) is 5.32 Å². The Morgan fingerprint density at radius 1 is 1.39 bits per heavy atom. The molecule has 1 aliphatic rings. The third-order valence-corrected chi connectivity index (χ3v) is 3.85. The third kappa shape index (κ3) is 4.25. The topological polar surface area (TPSA) is 12.0 Å². The Kier molecular flexibility index (Phi) is 4.29. The number of halogens is 2. The van der Waals surface area contributed by atoms with Crippen LogP contribution < -0.4 is 5.32 Å². The second kappa shape index (κ2) is 5.58. The highest BCUT2D eigenvalue weighted by Gasteiger charge is 2.23. The Hall–Kier alpha value is -0.600. The maximum absolute atomic E-state index is 13.0. The highest BCUT2D eigenvalue weighted by molar-refractivity contribution is 6.31. The summed E-state index contributed by atoms with van der Waals surface area (Å²) in [5.41, 5.74) is 1.22.